The van der Waals surface area contributed by atoms with Gasteiger partial charge in [0.2, 0.25) is 0 Å². The van der Waals surface area contributed by atoms with Crippen LogP contribution in [0.2, 0.25) is 0 Å². The lowest BCUT2D eigenvalue weighted by atomic mass is 10.1. The molecule has 0 spiro atoms. The molecule has 1 atom stereocenters. The topological polar surface area (TPSA) is 49.7 Å². The number of thioether (sulfide) groups is 1. The normalized spacial score (nSPS) is 29.2. The molecule has 4 heteroatoms. The minimum atomic E-state index is -0.721. The van der Waals surface area contributed by atoms with Crippen LogP contribution in [0.4, 0.5) is 0 Å². The molecule has 0 bridgehead atoms. The minimum absolute atomic E-state index is 0.310. The molecule has 1 heterocycles. The molecule has 0 amide bonds. The highest BCUT2D eigenvalue weighted by molar-refractivity contribution is 8.15. The van der Waals surface area contributed by atoms with Crippen LogP contribution in [0.3, 0.4) is 0 Å². The Kier molecular flexibility index (Phi) is 2.58. The number of aliphatic carboxylic acids is 1. The monoisotopic (exact) mass is 199 g/mol. The molecule has 1 aliphatic carbocycles. The van der Waals surface area contributed by atoms with E-state index in [9.17, 15) is 4.79 Å². The maximum Gasteiger partial charge on any atom is 0.318 e. The van der Waals surface area contributed by atoms with E-state index in [4.69, 9.17) is 5.11 Å². The summed E-state index contributed by atoms with van der Waals surface area (Å²) in [6.07, 6.45) is 4.97. The summed E-state index contributed by atoms with van der Waals surface area (Å²) in [6.45, 7) is 0.478. The Labute approximate surface area is 81.6 Å². The van der Waals surface area contributed by atoms with E-state index >= 15 is 0 Å². The number of carboxylic acids is 1. The summed E-state index contributed by atoms with van der Waals surface area (Å²) in [5.41, 5.74) is 0. The first-order chi connectivity index (χ1) is 6.27. The lowest BCUT2D eigenvalue weighted by Gasteiger charge is -2.07. The second-order valence-electron chi connectivity index (χ2n) is 3.61. The minimum Gasteiger partial charge on any atom is -0.480 e. The molecule has 0 radical (unpaired) electrons. The molecular weight excluding hydrogens is 186 g/mol. The van der Waals surface area contributed by atoms with Crippen molar-refractivity contribution in [1.29, 1.82) is 0 Å². The van der Waals surface area contributed by atoms with Crippen LogP contribution in [0.15, 0.2) is 4.99 Å². The number of hydrogen-bond donors (Lipinski definition) is 1. The smallest absolute Gasteiger partial charge is 0.318 e. The third-order valence-corrected chi connectivity index (χ3v) is 3.99. The van der Waals surface area contributed by atoms with Gasteiger partial charge in [0.25, 0.3) is 0 Å². The van der Waals surface area contributed by atoms with E-state index in [1.807, 2.05) is 0 Å². The van der Waals surface area contributed by atoms with E-state index in [-0.39, 0.29) is 5.25 Å². The molecule has 2 aliphatic rings. The fourth-order valence-corrected chi connectivity index (χ4v) is 3.04. The fraction of sp³-hybridized carbons (Fsp3) is 0.778. The summed E-state index contributed by atoms with van der Waals surface area (Å²) in [5, 5.41) is 9.57. The second-order valence-corrected chi connectivity index (χ2v) is 4.83. The lowest BCUT2D eigenvalue weighted by Crippen LogP contribution is -2.17. The van der Waals surface area contributed by atoms with Crippen molar-refractivity contribution in [2.45, 2.75) is 30.9 Å². The van der Waals surface area contributed by atoms with E-state index in [1.165, 1.54) is 37.4 Å². The zero-order chi connectivity index (χ0) is 9.26. The standard InChI is InChI=1S/C9H13NO2S/c11-9(12)7-5-10-8(13-7)6-3-1-2-4-6/h6-7H,1-5H2,(H,11,12). The van der Waals surface area contributed by atoms with Crippen molar-refractivity contribution in [2.75, 3.05) is 6.54 Å². The molecule has 0 aromatic rings. The van der Waals surface area contributed by atoms with Gasteiger partial charge in [0.1, 0.15) is 5.25 Å². The van der Waals surface area contributed by atoms with Crippen molar-refractivity contribution in [2.24, 2.45) is 10.9 Å². The molecule has 1 unspecified atom stereocenters. The molecule has 72 valence electrons. The van der Waals surface area contributed by atoms with Gasteiger partial charge in [-0.05, 0) is 12.8 Å². The van der Waals surface area contributed by atoms with Gasteiger partial charge in [0.05, 0.1) is 11.6 Å². The maximum atomic E-state index is 10.7. The zero-order valence-corrected chi connectivity index (χ0v) is 8.22. The highest BCUT2D eigenvalue weighted by atomic mass is 32.2. The molecular formula is C9H13NO2S. The average molecular weight is 199 g/mol. The molecule has 0 saturated heterocycles. The van der Waals surface area contributed by atoms with Gasteiger partial charge in [-0.1, -0.05) is 24.6 Å². The highest BCUT2D eigenvalue weighted by Crippen LogP contribution is 2.34. The Balaban J connectivity index is 1.92. The van der Waals surface area contributed by atoms with Crippen LogP contribution in [-0.4, -0.2) is 27.9 Å². The number of rotatable bonds is 2. The molecule has 1 N–H and O–H groups in total. The number of aliphatic imine (C=N–C) groups is 1. The van der Waals surface area contributed by atoms with Crippen LogP contribution < -0.4 is 0 Å². The zero-order valence-electron chi connectivity index (χ0n) is 7.40. The maximum absolute atomic E-state index is 10.7. The Morgan fingerprint density at radius 3 is 2.69 bits per heavy atom. The average Bonchev–Trinajstić information content (AvgIpc) is 2.75. The quantitative estimate of drug-likeness (QED) is 0.737. The van der Waals surface area contributed by atoms with Gasteiger partial charge < -0.3 is 5.11 Å². The third kappa shape index (κ3) is 1.88. The molecule has 0 aromatic heterocycles. The molecule has 1 aliphatic heterocycles. The van der Waals surface area contributed by atoms with Crippen molar-refractivity contribution < 1.29 is 9.90 Å². The first-order valence-corrected chi connectivity index (χ1v) is 5.59. The number of nitrogens with zero attached hydrogens (tertiary/aromatic N) is 1. The summed E-state index contributed by atoms with van der Waals surface area (Å²) < 4.78 is 0. The third-order valence-electron chi connectivity index (χ3n) is 2.66. The lowest BCUT2D eigenvalue weighted by molar-refractivity contribution is -0.136. The Bertz CT molecular complexity index is 246. The van der Waals surface area contributed by atoms with Crippen molar-refractivity contribution in [3.8, 4) is 0 Å². The van der Waals surface area contributed by atoms with Gasteiger partial charge in [0, 0.05) is 5.92 Å². The van der Waals surface area contributed by atoms with E-state index < -0.39 is 5.97 Å². The molecule has 1 fully saturated rings. The first-order valence-electron chi connectivity index (χ1n) is 4.71. The highest BCUT2D eigenvalue weighted by Gasteiger charge is 2.31. The van der Waals surface area contributed by atoms with Crippen molar-refractivity contribution >= 4 is 22.8 Å². The first kappa shape index (κ1) is 9.06. The molecule has 2 rings (SSSR count). The Morgan fingerprint density at radius 1 is 1.46 bits per heavy atom. The summed E-state index contributed by atoms with van der Waals surface area (Å²) in [7, 11) is 0. The van der Waals surface area contributed by atoms with Gasteiger partial charge in [-0.3, -0.25) is 9.79 Å². The Hall–Kier alpha value is -0.510. The van der Waals surface area contributed by atoms with Gasteiger partial charge in [-0.2, -0.15) is 0 Å². The van der Waals surface area contributed by atoms with Crippen LogP contribution in [0.1, 0.15) is 25.7 Å². The van der Waals surface area contributed by atoms with E-state index in [2.05, 4.69) is 4.99 Å². The number of carboxylic acid groups (broad SMARTS) is 1. The predicted octanol–water partition coefficient (Wildman–Crippen LogP) is 1.78. The summed E-state index contributed by atoms with van der Waals surface area (Å²) in [4.78, 5) is 15.0. The second kappa shape index (κ2) is 3.70. The van der Waals surface area contributed by atoms with Crippen molar-refractivity contribution in [3.05, 3.63) is 0 Å². The van der Waals surface area contributed by atoms with Gasteiger partial charge >= 0.3 is 5.97 Å². The van der Waals surface area contributed by atoms with Crippen LogP contribution in [0, 0.1) is 5.92 Å². The van der Waals surface area contributed by atoms with Crippen LogP contribution in [0.25, 0.3) is 0 Å². The summed E-state index contributed by atoms with van der Waals surface area (Å²) >= 11 is 1.47. The number of carbonyl (C=O) groups is 1. The predicted molar refractivity (Wildman–Crippen MR) is 53.3 cm³/mol. The molecule has 13 heavy (non-hydrogen) atoms. The SMILES string of the molecule is O=C(O)C1CN=C(C2CCCC2)S1. The van der Waals surface area contributed by atoms with Gasteiger partial charge in [-0.25, -0.2) is 0 Å². The molecule has 0 aromatic carbocycles. The van der Waals surface area contributed by atoms with E-state index in [0.29, 0.717) is 12.5 Å². The fourth-order valence-electron chi connectivity index (χ4n) is 1.92. The van der Waals surface area contributed by atoms with Crippen molar-refractivity contribution in [3.63, 3.8) is 0 Å². The van der Waals surface area contributed by atoms with Gasteiger partial charge in [-0.15, -0.1) is 0 Å². The summed E-state index contributed by atoms with van der Waals surface area (Å²) in [5.74, 6) is -0.143. The van der Waals surface area contributed by atoms with Crippen LogP contribution >= 0.6 is 11.8 Å². The summed E-state index contributed by atoms with van der Waals surface area (Å²) in [6, 6.07) is 0. The van der Waals surface area contributed by atoms with Gasteiger partial charge in [0.15, 0.2) is 0 Å². The van der Waals surface area contributed by atoms with Crippen LogP contribution in [-0.2, 0) is 4.79 Å². The van der Waals surface area contributed by atoms with E-state index in [0.717, 1.165) is 5.04 Å². The van der Waals surface area contributed by atoms with E-state index in [1.54, 1.807) is 0 Å². The van der Waals surface area contributed by atoms with Crippen molar-refractivity contribution in [1.82, 2.24) is 0 Å². The largest absolute Gasteiger partial charge is 0.480 e. The number of hydrogen-bond acceptors (Lipinski definition) is 3. The Morgan fingerprint density at radius 2 is 2.15 bits per heavy atom. The molecule has 3 nitrogen and oxygen atoms in total. The van der Waals surface area contributed by atoms with Crippen LogP contribution in [0.5, 0.6) is 0 Å². The molecule has 1 saturated carbocycles.